The summed E-state index contributed by atoms with van der Waals surface area (Å²) in [5.41, 5.74) is 1.79. The Bertz CT molecular complexity index is 1190. The maximum Gasteiger partial charge on any atom is 0.348 e. The molecule has 0 radical (unpaired) electrons. The van der Waals surface area contributed by atoms with E-state index >= 15 is 0 Å². The number of hydrogen-bond acceptors (Lipinski definition) is 8. The summed E-state index contributed by atoms with van der Waals surface area (Å²) < 4.78 is 5.74. The van der Waals surface area contributed by atoms with Gasteiger partial charge in [-0.05, 0) is 62.4 Å². The largest absolute Gasteiger partial charge is 0.480 e. The highest BCUT2D eigenvalue weighted by Crippen LogP contribution is 2.35. The maximum absolute atomic E-state index is 12.8. The van der Waals surface area contributed by atoms with Gasteiger partial charge in [-0.1, -0.05) is 6.42 Å². The van der Waals surface area contributed by atoms with Crippen molar-refractivity contribution in [3.05, 3.63) is 46.6 Å². The first-order valence-electron chi connectivity index (χ1n) is 10.7. The highest BCUT2D eigenvalue weighted by molar-refractivity contribution is 7.20. The van der Waals surface area contributed by atoms with Crippen LogP contribution in [-0.4, -0.2) is 45.6 Å². The standard InChI is InChI=1S/C23H24N4O5S/c1-13-18-20(27-15-9-7-14(8-10-15)21(30)24-11-17(28)29)25-12-26-22(18)33-19(13)23(31)32-16-5-3-2-4-6-16/h7-10,12,16H,2-6,11H2,1H3,(H,24,30)(H,28,29)(H,25,26,27). The third kappa shape index (κ3) is 5.28. The van der Waals surface area contributed by atoms with Gasteiger partial charge in [0.2, 0.25) is 0 Å². The van der Waals surface area contributed by atoms with E-state index < -0.39 is 18.4 Å². The zero-order valence-corrected chi connectivity index (χ0v) is 18.9. The van der Waals surface area contributed by atoms with Gasteiger partial charge in [0, 0.05) is 11.3 Å². The van der Waals surface area contributed by atoms with Gasteiger partial charge in [-0.15, -0.1) is 11.3 Å². The van der Waals surface area contributed by atoms with Gasteiger partial charge in [0.25, 0.3) is 5.91 Å². The minimum absolute atomic E-state index is 0.0224. The van der Waals surface area contributed by atoms with Crippen molar-refractivity contribution in [2.45, 2.75) is 45.1 Å². The molecule has 2 heterocycles. The summed E-state index contributed by atoms with van der Waals surface area (Å²) in [6.07, 6.45) is 6.59. The zero-order chi connectivity index (χ0) is 23.4. The number of amides is 1. The Kier molecular flexibility index (Phi) is 6.83. The summed E-state index contributed by atoms with van der Waals surface area (Å²) in [6, 6.07) is 6.57. The number of benzene rings is 1. The summed E-state index contributed by atoms with van der Waals surface area (Å²) in [7, 11) is 0. The molecule has 4 rings (SSSR count). The van der Waals surface area contributed by atoms with E-state index in [9.17, 15) is 14.4 Å². The van der Waals surface area contributed by atoms with E-state index in [2.05, 4.69) is 20.6 Å². The van der Waals surface area contributed by atoms with Crippen molar-refractivity contribution < 1.29 is 24.2 Å². The van der Waals surface area contributed by atoms with Crippen molar-refractivity contribution in [3.8, 4) is 0 Å². The Labute approximate surface area is 194 Å². The highest BCUT2D eigenvalue weighted by atomic mass is 32.1. The number of rotatable bonds is 7. The zero-order valence-electron chi connectivity index (χ0n) is 18.1. The van der Waals surface area contributed by atoms with Crippen LogP contribution in [0, 0.1) is 6.92 Å². The van der Waals surface area contributed by atoms with Gasteiger partial charge in [-0.25, -0.2) is 14.8 Å². The molecule has 3 N–H and O–H groups in total. The van der Waals surface area contributed by atoms with Crippen LogP contribution in [0.5, 0.6) is 0 Å². The van der Waals surface area contributed by atoms with Crippen molar-refractivity contribution in [3.63, 3.8) is 0 Å². The molecule has 1 amide bonds. The minimum Gasteiger partial charge on any atom is -0.480 e. The number of aromatic nitrogens is 2. The van der Waals surface area contributed by atoms with Crippen LogP contribution in [0.2, 0.25) is 0 Å². The number of hydrogen-bond donors (Lipinski definition) is 3. The lowest BCUT2D eigenvalue weighted by Crippen LogP contribution is -2.29. The molecule has 0 saturated heterocycles. The van der Waals surface area contributed by atoms with Crippen molar-refractivity contribution in [2.75, 3.05) is 11.9 Å². The van der Waals surface area contributed by atoms with E-state index in [0.717, 1.165) is 36.6 Å². The minimum atomic E-state index is -1.11. The molecule has 1 saturated carbocycles. The second-order valence-corrected chi connectivity index (χ2v) is 8.90. The van der Waals surface area contributed by atoms with E-state index in [1.165, 1.54) is 24.1 Å². The number of nitrogens with zero attached hydrogens (tertiary/aromatic N) is 2. The van der Waals surface area contributed by atoms with Gasteiger partial charge >= 0.3 is 11.9 Å². The molecule has 3 aromatic rings. The number of carbonyl (C=O) groups is 3. The first-order chi connectivity index (χ1) is 15.9. The lowest BCUT2D eigenvalue weighted by molar-refractivity contribution is -0.135. The van der Waals surface area contributed by atoms with Gasteiger partial charge in [-0.2, -0.15) is 0 Å². The molecule has 1 aliphatic rings. The Morgan fingerprint density at radius 1 is 1.12 bits per heavy atom. The van der Waals surface area contributed by atoms with Gasteiger partial charge in [-0.3, -0.25) is 9.59 Å². The fraction of sp³-hybridized carbons (Fsp3) is 0.348. The average Bonchev–Trinajstić information content (AvgIpc) is 3.16. The molecule has 1 aromatic carbocycles. The number of fused-ring (bicyclic) bond motifs is 1. The smallest absolute Gasteiger partial charge is 0.348 e. The molecular weight excluding hydrogens is 444 g/mol. The van der Waals surface area contributed by atoms with E-state index in [4.69, 9.17) is 9.84 Å². The van der Waals surface area contributed by atoms with Gasteiger partial charge in [0.05, 0.1) is 5.39 Å². The SMILES string of the molecule is Cc1c(C(=O)OC2CCCCC2)sc2ncnc(Nc3ccc(C(=O)NCC(=O)O)cc3)c12. The second kappa shape index (κ2) is 9.95. The molecule has 0 bridgehead atoms. The molecule has 0 unspecified atom stereocenters. The summed E-state index contributed by atoms with van der Waals surface area (Å²) in [5.74, 6) is -1.34. The van der Waals surface area contributed by atoms with Crippen molar-refractivity contribution >= 4 is 50.9 Å². The summed E-state index contributed by atoms with van der Waals surface area (Å²) in [6.45, 7) is 1.42. The number of carboxylic acid groups (broad SMARTS) is 1. The maximum atomic E-state index is 12.8. The van der Waals surface area contributed by atoms with E-state index in [1.807, 2.05) is 6.92 Å². The molecule has 0 atom stereocenters. The summed E-state index contributed by atoms with van der Waals surface area (Å²) in [4.78, 5) is 45.3. The summed E-state index contributed by atoms with van der Waals surface area (Å²) in [5, 5.41) is 15.0. The number of aryl methyl sites for hydroxylation is 1. The highest BCUT2D eigenvalue weighted by Gasteiger charge is 2.24. The Hall–Kier alpha value is -3.53. The van der Waals surface area contributed by atoms with Crippen molar-refractivity contribution in [2.24, 2.45) is 0 Å². The third-order valence-electron chi connectivity index (χ3n) is 5.55. The lowest BCUT2D eigenvalue weighted by atomic mass is 9.98. The van der Waals surface area contributed by atoms with Crippen molar-refractivity contribution in [1.82, 2.24) is 15.3 Å². The summed E-state index contributed by atoms with van der Waals surface area (Å²) >= 11 is 1.29. The molecule has 172 valence electrons. The van der Waals surface area contributed by atoms with E-state index in [1.54, 1.807) is 24.3 Å². The van der Waals surface area contributed by atoms with Crippen LogP contribution in [0.4, 0.5) is 11.5 Å². The Morgan fingerprint density at radius 3 is 2.55 bits per heavy atom. The number of nitrogens with one attached hydrogen (secondary N) is 2. The first kappa shape index (κ1) is 22.7. The molecule has 9 nitrogen and oxygen atoms in total. The number of aliphatic carboxylic acids is 1. The van der Waals surface area contributed by atoms with Crippen LogP contribution in [0.3, 0.4) is 0 Å². The topological polar surface area (TPSA) is 131 Å². The van der Waals surface area contributed by atoms with Crippen molar-refractivity contribution in [1.29, 1.82) is 0 Å². The normalized spacial score (nSPS) is 14.1. The van der Waals surface area contributed by atoms with Gasteiger partial charge in [0.15, 0.2) is 0 Å². The van der Waals surface area contributed by atoms with Gasteiger partial charge < -0.3 is 20.5 Å². The molecule has 10 heteroatoms. The predicted molar refractivity (Wildman–Crippen MR) is 124 cm³/mol. The number of carbonyl (C=O) groups excluding carboxylic acids is 2. The Morgan fingerprint density at radius 2 is 1.85 bits per heavy atom. The van der Waals surface area contributed by atoms with Crippen LogP contribution in [0.15, 0.2) is 30.6 Å². The van der Waals surface area contributed by atoms with Crippen LogP contribution >= 0.6 is 11.3 Å². The molecule has 2 aromatic heterocycles. The fourth-order valence-corrected chi connectivity index (χ4v) is 4.88. The molecule has 0 aliphatic heterocycles. The number of carboxylic acids is 1. The average molecular weight is 469 g/mol. The lowest BCUT2D eigenvalue weighted by Gasteiger charge is -2.21. The van der Waals surface area contributed by atoms with Crippen LogP contribution in [-0.2, 0) is 9.53 Å². The number of ether oxygens (including phenoxy) is 1. The molecule has 1 fully saturated rings. The number of anilines is 2. The van der Waals surface area contributed by atoms with Crippen LogP contribution in [0.1, 0.15) is 57.7 Å². The molecule has 1 aliphatic carbocycles. The Balaban J connectivity index is 1.52. The third-order valence-corrected chi connectivity index (χ3v) is 6.73. The van der Waals surface area contributed by atoms with Gasteiger partial charge in [0.1, 0.15) is 34.5 Å². The molecular formula is C23H24N4O5S. The number of esters is 1. The van der Waals surface area contributed by atoms with E-state index in [-0.39, 0.29) is 12.1 Å². The monoisotopic (exact) mass is 468 g/mol. The van der Waals surface area contributed by atoms with Crippen LogP contribution < -0.4 is 10.6 Å². The van der Waals surface area contributed by atoms with Crippen LogP contribution in [0.25, 0.3) is 10.2 Å². The molecule has 33 heavy (non-hydrogen) atoms. The second-order valence-electron chi connectivity index (χ2n) is 7.90. The predicted octanol–water partition coefficient (Wildman–Crippen LogP) is 4.05. The molecule has 0 spiro atoms. The fourth-order valence-electron chi connectivity index (χ4n) is 3.85. The quantitative estimate of drug-likeness (QED) is 0.443. The first-order valence-corrected chi connectivity index (χ1v) is 11.6. The van der Waals surface area contributed by atoms with E-state index in [0.29, 0.717) is 26.8 Å². The number of thiophene rings is 1.